The van der Waals surface area contributed by atoms with Gasteiger partial charge in [0.15, 0.2) is 0 Å². The van der Waals surface area contributed by atoms with Crippen LogP contribution in [0.25, 0.3) is 0 Å². The van der Waals surface area contributed by atoms with E-state index in [-0.39, 0.29) is 5.41 Å². The van der Waals surface area contributed by atoms with Crippen LogP contribution < -0.4 is 5.73 Å². The summed E-state index contributed by atoms with van der Waals surface area (Å²) in [5.41, 5.74) is 7.36. The molecular formula is C15H23NOS. The molecule has 2 rings (SSSR count). The molecule has 1 aromatic rings. The van der Waals surface area contributed by atoms with Crippen molar-refractivity contribution in [1.82, 2.24) is 0 Å². The fourth-order valence-electron chi connectivity index (χ4n) is 2.38. The molecule has 0 spiro atoms. The van der Waals surface area contributed by atoms with Gasteiger partial charge in [-0.1, -0.05) is 32.9 Å². The van der Waals surface area contributed by atoms with Gasteiger partial charge in [-0.25, -0.2) is 0 Å². The molecule has 3 heteroatoms. The summed E-state index contributed by atoms with van der Waals surface area (Å²) in [5, 5.41) is 10.8. The average Bonchev–Trinajstić information content (AvgIpc) is 2.48. The van der Waals surface area contributed by atoms with Crippen molar-refractivity contribution in [3.63, 3.8) is 0 Å². The van der Waals surface area contributed by atoms with Gasteiger partial charge in [0.2, 0.25) is 0 Å². The van der Waals surface area contributed by atoms with Crippen LogP contribution in [0.3, 0.4) is 0 Å². The first kappa shape index (κ1) is 13.9. The van der Waals surface area contributed by atoms with Crippen LogP contribution in [0.5, 0.6) is 0 Å². The Kier molecular flexibility index (Phi) is 3.77. The lowest BCUT2D eigenvalue weighted by atomic mass is 9.82. The molecule has 0 aliphatic carbocycles. The maximum Gasteiger partial charge on any atom is 0.103 e. The first-order valence-corrected chi connectivity index (χ1v) is 7.56. The van der Waals surface area contributed by atoms with Crippen LogP contribution in [0.4, 0.5) is 0 Å². The topological polar surface area (TPSA) is 46.2 Å². The standard InChI is InChI=1S/C15H23NOS/c1-14(2,3)11-5-6-13-12(9-11)15(17,10-16)7-4-8-18-13/h5-6,9,17H,4,7-8,10,16H2,1-3H3. The number of nitrogens with two attached hydrogens (primary N) is 1. The molecule has 1 aliphatic heterocycles. The third kappa shape index (κ3) is 2.58. The smallest absolute Gasteiger partial charge is 0.103 e. The average molecular weight is 265 g/mol. The van der Waals surface area contributed by atoms with E-state index in [2.05, 4.69) is 39.0 Å². The van der Waals surface area contributed by atoms with Gasteiger partial charge in [0.05, 0.1) is 0 Å². The molecule has 3 N–H and O–H groups in total. The molecule has 18 heavy (non-hydrogen) atoms. The zero-order valence-electron chi connectivity index (χ0n) is 11.5. The Labute approximate surface area is 114 Å². The Hall–Kier alpha value is -0.510. The second-order valence-corrected chi connectivity index (χ2v) is 7.29. The van der Waals surface area contributed by atoms with Crippen molar-refractivity contribution in [2.24, 2.45) is 5.73 Å². The first-order chi connectivity index (χ1) is 8.37. The number of thioether (sulfide) groups is 1. The van der Waals surface area contributed by atoms with Crippen LogP contribution in [0, 0.1) is 0 Å². The van der Waals surface area contributed by atoms with E-state index >= 15 is 0 Å². The van der Waals surface area contributed by atoms with Gasteiger partial charge in [0, 0.05) is 11.4 Å². The summed E-state index contributed by atoms with van der Waals surface area (Å²) in [4.78, 5) is 1.19. The predicted molar refractivity (Wildman–Crippen MR) is 78.1 cm³/mol. The number of rotatable bonds is 1. The summed E-state index contributed by atoms with van der Waals surface area (Å²) in [7, 11) is 0. The van der Waals surface area contributed by atoms with Crippen molar-refractivity contribution in [1.29, 1.82) is 0 Å². The Morgan fingerprint density at radius 1 is 1.39 bits per heavy atom. The molecule has 1 aromatic carbocycles. The van der Waals surface area contributed by atoms with Crippen LogP contribution in [-0.2, 0) is 11.0 Å². The van der Waals surface area contributed by atoms with Gasteiger partial charge in [-0.05, 0) is 41.2 Å². The van der Waals surface area contributed by atoms with Crippen molar-refractivity contribution in [3.8, 4) is 0 Å². The molecule has 0 amide bonds. The van der Waals surface area contributed by atoms with E-state index in [1.54, 1.807) is 0 Å². The molecule has 0 fully saturated rings. The van der Waals surface area contributed by atoms with E-state index in [1.165, 1.54) is 10.5 Å². The maximum atomic E-state index is 10.8. The van der Waals surface area contributed by atoms with Crippen LogP contribution >= 0.6 is 11.8 Å². The quantitative estimate of drug-likeness (QED) is 0.820. The first-order valence-electron chi connectivity index (χ1n) is 6.57. The number of fused-ring (bicyclic) bond motifs is 1. The normalized spacial score (nSPS) is 24.5. The Morgan fingerprint density at radius 2 is 2.11 bits per heavy atom. The minimum absolute atomic E-state index is 0.0987. The molecule has 1 heterocycles. The van der Waals surface area contributed by atoms with Gasteiger partial charge in [-0.2, -0.15) is 0 Å². The Morgan fingerprint density at radius 3 is 2.72 bits per heavy atom. The van der Waals surface area contributed by atoms with Crippen molar-refractivity contribution < 1.29 is 5.11 Å². The van der Waals surface area contributed by atoms with Crippen molar-refractivity contribution in [2.45, 2.75) is 49.5 Å². The highest BCUT2D eigenvalue weighted by molar-refractivity contribution is 7.99. The fourth-order valence-corrected chi connectivity index (χ4v) is 3.46. The van der Waals surface area contributed by atoms with Gasteiger partial charge in [0.25, 0.3) is 0 Å². The number of hydrogen-bond donors (Lipinski definition) is 2. The van der Waals surface area contributed by atoms with E-state index in [0.29, 0.717) is 6.54 Å². The molecule has 1 atom stereocenters. The SMILES string of the molecule is CC(C)(C)c1ccc2c(c1)C(O)(CN)CCCS2. The minimum Gasteiger partial charge on any atom is -0.384 e. The monoisotopic (exact) mass is 265 g/mol. The summed E-state index contributed by atoms with van der Waals surface area (Å²) >= 11 is 1.83. The van der Waals surface area contributed by atoms with E-state index in [0.717, 1.165) is 24.2 Å². The molecule has 100 valence electrons. The Balaban J connectivity index is 2.54. The lowest BCUT2D eigenvalue weighted by Crippen LogP contribution is -2.35. The maximum absolute atomic E-state index is 10.8. The van der Waals surface area contributed by atoms with E-state index in [9.17, 15) is 5.11 Å². The fraction of sp³-hybridized carbons (Fsp3) is 0.600. The van der Waals surface area contributed by atoms with Crippen LogP contribution in [0.1, 0.15) is 44.7 Å². The van der Waals surface area contributed by atoms with Crippen molar-refractivity contribution in [3.05, 3.63) is 29.3 Å². The van der Waals surface area contributed by atoms with Gasteiger partial charge in [0.1, 0.15) is 5.60 Å². The number of aliphatic hydroxyl groups is 1. The molecule has 0 radical (unpaired) electrons. The van der Waals surface area contributed by atoms with Gasteiger partial charge in [-0.15, -0.1) is 11.8 Å². The number of hydrogen-bond acceptors (Lipinski definition) is 3. The lowest BCUT2D eigenvalue weighted by Gasteiger charge is -2.29. The lowest BCUT2D eigenvalue weighted by molar-refractivity contribution is 0.0344. The largest absolute Gasteiger partial charge is 0.384 e. The van der Waals surface area contributed by atoms with Crippen molar-refractivity contribution >= 4 is 11.8 Å². The summed E-state index contributed by atoms with van der Waals surface area (Å²) in [6.45, 7) is 6.88. The Bertz CT molecular complexity index is 439. The van der Waals surface area contributed by atoms with Crippen molar-refractivity contribution in [2.75, 3.05) is 12.3 Å². The highest BCUT2D eigenvalue weighted by atomic mass is 32.2. The highest BCUT2D eigenvalue weighted by Crippen LogP contribution is 2.40. The molecule has 0 saturated carbocycles. The van der Waals surface area contributed by atoms with Crippen LogP contribution in [0.2, 0.25) is 0 Å². The molecule has 0 aromatic heterocycles. The summed E-state index contributed by atoms with van der Waals surface area (Å²) in [5.74, 6) is 1.06. The third-order valence-electron chi connectivity index (χ3n) is 3.68. The zero-order valence-corrected chi connectivity index (χ0v) is 12.3. The predicted octanol–water partition coefficient (Wildman–Crippen LogP) is 3.02. The van der Waals surface area contributed by atoms with Gasteiger partial charge in [-0.3, -0.25) is 0 Å². The van der Waals surface area contributed by atoms with E-state index in [1.807, 2.05) is 11.8 Å². The second-order valence-electron chi connectivity index (χ2n) is 6.15. The second kappa shape index (κ2) is 4.87. The summed E-state index contributed by atoms with van der Waals surface area (Å²) in [6, 6.07) is 6.47. The highest BCUT2D eigenvalue weighted by Gasteiger charge is 2.32. The van der Waals surface area contributed by atoms with Crippen LogP contribution in [-0.4, -0.2) is 17.4 Å². The molecule has 2 nitrogen and oxygen atoms in total. The molecule has 1 aliphatic rings. The number of benzene rings is 1. The van der Waals surface area contributed by atoms with Gasteiger partial charge >= 0.3 is 0 Å². The van der Waals surface area contributed by atoms with E-state index in [4.69, 9.17) is 5.73 Å². The van der Waals surface area contributed by atoms with Gasteiger partial charge < -0.3 is 10.8 Å². The van der Waals surface area contributed by atoms with Crippen LogP contribution in [0.15, 0.2) is 23.1 Å². The zero-order chi connectivity index (χ0) is 13.4. The molecule has 0 saturated heterocycles. The molecule has 1 unspecified atom stereocenters. The molecular weight excluding hydrogens is 242 g/mol. The molecule has 0 bridgehead atoms. The minimum atomic E-state index is -0.847. The van der Waals surface area contributed by atoms with E-state index < -0.39 is 5.60 Å². The third-order valence-corrected chi connectivity index (χ3v) is 4.84. The summed E-state index contributed by atoms with van der Waals surface area (Å²) < 4.78 is 0. The summed E-state index contributed by atoms with van der Waals surface area (Å²) in [6.07, 6.45) is 1.77.